The lowest BCUT2D eigenvalue weighted by Crippen LogP contribution is -2.36. The molecule has 0 bridgehead atoms. The Kier molecular flexibility index (Phi) is 3.55. The third-order valence-corrected chi connectivity index (χ3v) is 3.07. The van der Waals surface area contributed by atoms with E-state index in [2.05, 4.69) is 17.2 Å². The lowest BCUT2D eigenvalue weighted by atomic mass is 10.1. The van der Waals surface area contributed by atoms with Gasteiger partial charge < -0.3 is 10.2 Å². The number of urea groups is 1. The number of carbonyl (C=O) groups is 1. The molecule has 0 atom stereocenters. The van der Waals surface area contributed by atoms with Gasteiger partial charge in [-0.2, -0.15) is 0 Å². The summed E-state index contributed by atoms with van der Waals surface area (Å²) in [5.74, 6) is 5.54. The fraction of sp³-hybridized carbons (Fsp3) is 0.308. The molecule has 17 heavy (non-hydrogen) atoms. The molecule has 2 amide bonds. The van der Waals surface area contributed by atoms with Crippen molar-refractivity contribution >= 4 is 17.6 Å². The Bertz CT molecular complexity index is 502. The van der Waals surface area contributed by atoms with Crippen molar-refractivity contribution in [2.24, 2.45) is 0 Å². The summed E-state index contributed by atoms with van der Waals surface area (Å²) >= 11 is 6.09. The minimum absolute atomic E-state index is 0.0972. The van der Waals surface area contributed by atoms with Crippen molar-refractivity contribution in [2.45, 2.75) is 20.0 Å². The van der Waals surface area contributed by atoms with Gasteiger partial charge in [-0.3, -0.25) is 0 Å². The zero-order valence-electron chi connectivity index (χ0n) is 9.59. The van der Waals surface area contributed by atoms with Crippen LogP contribution in [0.5, 0.6) is 0 Å². The van der Waals surface area contributed by atoms with E-state index in [-0.39, 0.29) is 6.03 Å². The zero-order valence-corrected chi connectivity index (χ0v) is 10.3. The molecule has 4 heteroatoms. The van der Waals surface area contributed by atoms with Crippen molar-refractivity contribution in [3.8, 4) is 11.8 Å². The van der Waals surface area contributed by atoms with E-state index in [0.717, 1.165) is 16.1 Å². The number of halogens is 1. The van der Waals surface area contributed by atoms with E-state index in [0.29, 0.717) is 19.6 Å². The van der Waals surface area contributed by atoms with Crippen LogP contribution < -0.4 is 5.32 Å². The third-order valence-electron chi connectivity index (χ3n) is 2.72. The van der Waals surface area contributed by atoms with E-state index in [1.807, 2.05) is 18.2 Å². The number of fused-ring (bicyclic) bond motifs is 1. The monoisotopic (exact) mass is 248 g/mol. The summed E-state index contributed by atoms with van der Waals surface area (Å²) in [6.07, 6.45) is 0. The number of rotatable bonds is 1. The summed E-state index contributed by atoms with van der Waals surface area (Å²) in [7, 11) is 0. The van der Waals surface area contributed by atoms with Gasteiger partial charge in [0, 0.05) is 18.1 Å². The fourth-order valence-electron chi connectivity index (χ4n) is 1.84. The van der Waals surface area contributed by atoms with E-state index in [4.69, 9.17) is 11.6 Å². The summed E-state index contributed by atoms with van der Waals surface area (Å²) in [4.78, 5) is 13.5. The summed E-state index contributed by atoms with van der Waals surface area (Å²) < 4.78 is 0. The first-order valence-electron chi connectivity index (χ1n) is 5.41. The van der Waals surface area contributed by atoms with Crippen LogP contribution in [-0.2, 0) is 13.1 Å². The van der Waals surface area contributed by atoms with Gasteiger partial charge in [-0.15, -0.1) is 5.92 Å². The Morgan fingerprint density at radius 3 is 3.06 bits per heavy atom. The predicted octanol–water partition coefficient (Wildman–Crippen LogP) is 2.39. The van der Waals surface area contributed by atoms with Gasteiger partial charge in [-0.25, -0.2) is 4.79 Å². The summed E-state index contributed by atoms with van der Waals surface area (Å²) in [5.41, 5.74) is 2.17. The number of nitrogens with zero attached hydrogens (tertiary/aromatic N) is 1. The van der Waals surface area contributed by atoms with Crippen LogP contribution in [0.3, 0.4) is 0 Å². The summed E-state index contributed by atoms with van der Waals surface area (Å²) in [5, 5.41) is 3.48. The molecule has 0 saturated carbocycles. The Morgan fingerprint density at radius 1 is 1.53 bits per heavy atom. The maximum atomic E-state index is 11.8. The molecule has 1 aromatic rings. The SMILES string of the molecule is CC#CCNC(=O)N1Cc2cccc(Cl)c2C1. The molecule has 0 saturated heterocycles. The molecule has 1 heterocycles. The van der Waals surface area contributed by atoms with E-state index in [1.54, 1.807) is 11.8 Å². The maximum absolute atomic E-state index is 11.8. The molecule has 88 valence electrons. The van der Waals surface area contributed by atoms with E-state index < -0.39 is 0 Å². The third kappa shape index (κ3) is 2.54. The number of benzene rings is 1. The molecule has 0 aromatic heterocycles. The number of carbonyl (C=O) groups excluding carboxylic acids is 1. The highest BCUT2D eigenvalue weighted by Gasteiger charge is 2.24. The van der Waals surface area contributed by atoms with Gasteiger partial charge in [0.25, 0.3) is 0 Å². The van der Waals surface area contributed by atoms with Crippen LogP contribution in [-0.4, -0.2) is 17.5 Å². The molecule has 0 radical (unpaired) electrons. The molecule has 1 aliphatic heterocycles. The second-order valence-corrected chi connectivity index (χ2v) is 4.23. The van der Waals surface area contributed by atoms with Crippen LogP contribution in [0.4, 0.5) is 4.79 Å². The fourth-order valence-corrected chi connectivity index (χ4v) is 2.10. The van der Waals surface area contributed by atoms with Crippen molar-refractivity contribution in [1.29, 1.82) is 0 Å². The Labute approximate surface area is 106 Å². The summed E-state index contributed by atoms with van der Waals surface area (Å²) in [6.45, 7) is 3.31. The van der Waals surface area contributed by atoms with Gasteiger partial charge in [0.15, 0.2) is 0 Å². The van der Waals surface area contributed by atoms with Gasteiger partial charge in [0.2, 0.25) is 0 Å². The van der Waals surface area contributed by atoms with Crippen molar-refractivity contribution in [3.63, 3.8) is 0 Å². The van der Waals surface area contributed by atoms with Crippen molar-refractivity contribution in [2.75, 3.05) is 6.54 Å². The molecule has 0 unspecified atom stereocenters. The number of hydrogen-bond donors (Lipinski definition) is 1. The Hall–Kier alpha value is -1.66. The lowest BCUT2D eigenvalue weighted by molar-refractivity contribution is 0.200. The molecule has 1 N–H and O–H groups in total. The van der Waals surface area contributed by atoms with Crippen LogP contribution in [0.25, 0.3) is 0 Å². The number of nitrogens with one attached hydrogen (secondary N) is 1. The van der Waals surface area contributed by atoms with Crippen LogP contribution in [0.2, 0.25) is 5.02 Å². The van der Waals surface area contributed by atoms with Crippen molar-refractivity contribution < 1.29 is 4.79 Å². The minimum Gasteiger partial charge on any atom is -0.327 e. The van der Waals surface area contributed by atoms with Gasteiger partial charge in [0.05, 0.1) is 6.54 Å². The molecule has 0 fully saturated rings. The number of hydrogen-bond acceptors (Lipinski definition) is 1. The molecule has 0 spiro atoms. The first-order chi connectivity index (χ1) is 8.22. The standard InChI is InChI=1S/C13H13ClN2O/c1-2-3-7-15-13(17)16-8-10-5-4-6-12(14)11(10)9-16/h4-6H,7-9H2,1H3,(H,15,17). The molecular formula is C13H13ClN2O. The van der Waals surface area contributed by atoms with Crippen LogP contribution >= 0.6 is 11.6 Å². The quantitative estimate of drug-likeness (QED) is 0.761. The van der Waals surface area contributed by atoms with E-state index in [9.17, 15) is 4.79 Å². The zero-order chi connectivity index (χ0) is 12.3. The van der Waals surface area contributed by atoms with Gasteiger partial charge in [-0.05, 0) is 24.1 Å². The smallest absolute Gasteiger partial charge is 0.318 e. The van der Waals surface area contributed by atoms with E-state index >= 15 is 0 Å². The van der Waals surface area contributed by atoms with Crippen LogP contribution in [0.1, 0.15) is 18.1 Å². The van der Waals surface area contributed by atoms with Crippen LogP contribution in [0, 0.1) is 11.8 Å². The first-order valence-corrected chi connectivity index (χ1v) is 5.79. The van der Waals surface area contributed by atoms with E-state index in [1.165, 1.54) is 0 Å². The largest absolute Gasteiger partial charge is 0.327 e. The second-order valence-electron chi connectivity index (χ2n) is 3.82. The molecule has 1 aromatic carbocycles. The van der Waals surface area contributed by atoms with Gasteiger partial charge in [-0.1, -0.05) is 29.7 Å². The topological polar surface area (TPSA) is 32.3 Å². The first kappa shape index (κ1) is 11.8. The Morgan fingerprint density at radius 2 is 2.35 bits per heavy atom. The highest BCUT2D eigenvalue weighted by Crippen LogP contribution is 2.28. The number of amides is 2. The van der Waals surface area contributed by atoms with Crippen molar-refractivity contribution in [1.82, 2.24) is 10.2 Å². The highest BCUT2D eigenvalue weighted by atomic mass is 35.5. The predicted molar refractivity (Wildman–Crippen MR) is 67.5 cm³/mol. The van der Waals surface area contributed by atoms with Crippen molar-refractivity contribution in [3.05, 3.63) is 34.3 Å². The minimum atomic E-state index is -0.0972. The molecule has 1 aliphatic rings. The molecule has 2 rings (SSSR count). The molecular weight excluding hydrogens is 236 g/mol. The van der Waals surface area contributed by atoms with Crippen LogP contribution in [0.15, 0.2) is 18.2 Å². The highest BCUT2D eigenvalue weighted by molar-refractivity contribution is 6.31. The Balaban J connectivity index is 2.02. The normalized spacial score (nSPS) is 12.7. The lowest BCUT2D eigenvalue weighted by Gasteiger charge is -2.15. The average Bonchev–Trinajstić information content (AvgIpc) is 2.75. The maximum Gasteiger partial charge on any atom is 0.318 e. The molecule has 0 aliphatic carbocycles. The van der Waals surface area contributed by atoms with Gasteiger partial charge in [0.1, 0.15) is 0 Å². The summed E-state index contributed by atoms with van der Waals surface area (Å²) in [6, 6.07) is 5.66. The van der Waals surface area contributed by atoms with Gasteiger partial charge >= 0.3 is 6.03 Å². The average molecular weight is 249 g/mol. The second kappa shape index (κ2) is 5.11. The molecule has 3 nitrogen and oxygen atoms in total.